The first-order valence-electron chi connectivity index (χ1n) is 26.3. The molecule has 0 fully saturated rings. The van der Waals surface area contributed by atoms with Gasteiger partial charge in [-0.3, -0.25) is 14.4 Å². The van der Waals surface area contributed by atoms with Crippen molar-refractivity contribution in [1.29, 1.82) is 0 Å². The summed E-state index contributed by atoms with van der Waals surface area (Å²) < 4.78 is 16.8. The first kappa shape index (κ1) is 57.4. The second-order valence-corrected chi connectivity index (χ2v) is 18.9. The van der Waals surface area contributed by atoms with Crippen molar-refractivity contribution in [2.75, 3.05) is 13.2 Å². The molecule has 59 heavy (non-hydrogen) atoms. The Morgan fingerprint density at radius 2 is 0.644 bits per heavy atom. The maximum Gasteiger partial charge on any atom is 0.306 e. The van der Waals surface area contributed by atoms with Gasteiger partial charge in [0.05, 0.1) is 0 Å². The van der Waals surface area contributed by atoms with E-state index in [0.29, 0.717) is 19.3 Å². The molecule has 6 heteroatoms. The van der Waals surface area contributed by atoms with Crippen LogP contribution in [0.25, 0.3) is 0 Å². The van der Waals surface area contributed by atoms with Crippen LogP contribution in [0.15, 0.2) is 0 Å². The minimum absolute atomic E-state index is 0.0639. The van der Waals surface area contributed by atoms with Crippen LogP contribution in [0.2, 0.25) is 0 Å². The minimum Gasteiger partial charge on any atom is -0.462 e. The molecule has 0 saturated heterocycles. The Balaban J connectivity index is 4.29. The molecule has 0 aromatic heterocycles. The lowest BCUT2D eigenvalue weighted by atomic mass is 9.99. The van der Waals surface area contributed by atoms with Gasteiger partial charge in [0.1, 0.15) is 13.2 Å². The van der Waals surface area contributed by atoms with Gasteiger partial charge in [0.25, 0.3) is 0 Å². The molecule has 0 aromatic carbocycles. The van der Waals surface area contributed by atoms with E-state index in [1.165, 1.54) is 180 Å². The minimum atomic E-state index is -0.762. The Bertz CT molecular complexity index is 902. The van der Waals surface area contributed by atoms with Gasteiger partial charge >= 0.3 is 17.9 Å². The number of carbonyl (C=O) groups is 3. The lowest BCUT2D eigenvalue weighted by molar-refractivity contribution is -0.167. The molecule has 0 saturated carbocycles. The quantitative estimate of drug-likeness (QED) is 0.0345. The van der Waals surface area contributed by atoms with Crippen LogP contribution in [0.3, 0.4) is 0 Å². The molecule has 0 radical (unpaired) electrons. The maximum absolute atomic E-state index is 12.8. The molecule has 350 valence electrons. The average molecular weight is 835 g/mol. The van der Waals surface area contributed by atoms with E-state index in [4.69, 9.17) is 14.2 Å². The Labute approximate surface area is 368 Å². The molecule has 0 spiro atoms. The molecule has 2 atom stereocenters. The smallest absolute Gasteiger partial charge is 0.306 e. The van der Waals surface area contributed by atoms with Gasteiger partial charge in [0.15, 0.2) is 6.10 Å². The lowest BCUT2D eigenvalue weighted by Crippen LogP contribution is -2.30. The van der Waals surface area contributed by atoms with Crippen LogP contribution in [0, 0.1) is 11.8 Å². The van der Waals surface area contributed by atoms with Crippen molar-refractivity contribution in [3.8, 4) is 0 Å². The van der Waals surface area contributed by atoms with Crippen LogP contribution in [0.1, 0.15) is 291 Å². The topological polar surface area (TPSA) is 78.9 Å². The van der Waals surface area contributed by atoms with Gasteiger partial charge in [-0.25, -0.2) is 0 Å². The van der Waals surface area contributed by atoms with Gasteiger partial charge in [0.2, 0.25) is 0 Å². The van der Waals surface area contributed by atoms with E-state index in [2.05, 4.69) is 34.6 Å². The summed E-state index contributed by atoms with van der Waals surface area (Å²) in [6, 6.07) is 0. The highest BCUT2D eigenvalue weighted by Crippen LogP contribution is 2.18. The Hall–Kier alpha value is -1.59. The van der Waals surface area contributed by atoms with Crippen molar-refractivity contribution in [3.05, 3.63) is 0 Å². The summed E-state index contributed by atoms with van der Waals surface area (Å²) in [7, 11) is 0. The van der Waals surface area contributed by atoms with Crippen molar-refractivity contribution in [2.24, 2.45) is 11.8 Å². The first-order chi connectivity index (χ1) is 28.8. The fraction of sp³-hybridized carbons (Fsp3) is 0.943. The largest absolute Gasteiger partial charge is 0.462 e. The third-order valence-corrected chi connectivity index (χ3v) is 12.3. The lowest BCUT2D eigenvalue weighted by Gasteiger charge is -2.18. The molecule has 0 aliphatic heterocycles. The van der Waals surface area contributed by atoms with Crippen molar-refractivity contribution in [2.45, 2.75) is 298 Å². The summed E-state index contributed by atoms with van der Waals surface area (Å²) in [5.41, 5.74) is 0. The molecule has 0 aliphatic carbocycles. The summed E-state index contributed by atoms with van der Waals surface area (Å²) in [6.45, 7) is 11.4. The molecular weight excluding hydrogens is 733 g/mol. The fourth-order valence-corrected chi connectivity index (χ4v) is 7.96. The normalized spacial score (nSPS) is 12.5. The van der Waals surface area contributed by atoms with Crippen LogP contribution in [0.4, 0.5) is 0 Å². The van der Waals surface area contributed by atoms with E-state index in [1.807, 2.05) is 0 Å². The predicted molar refractivity (Wildman–Crippen MR) is 252 cm³/mol. The van der Waals surface area contributed by atoms with E-state index in [-0.39, 0.29) is 31.1 Å². The zero-order valence-corrected chi connectivity index (χ0v) is 40.4. The van der Waals surface area contributed by atoms with Gasteiger partial charge in [-0.15, -0.1) is 0 Å². The summed E-state index contributed by atoms with van der Waals surface area (Å²) in [4.78, 5) is 37.9. The van der Waals surface area contributed by atoms with Gasteiger partial charge in [-0.2, -0.15) is 0 Å². The van der Waals surface area contributed by atoms with E-state index >= 15 is 0 Å². The van der Waals surface area contributed by atoms with E-state index < -0.39 is 6.10 Å². The second-order valence-electron chi connectivity index (χ2n) is 18.9. The monoisotopic (exact) mass is 835 g/mol. The third-order valence-electron chi connectivity index (χ3n) is 12.3. The zero-order valence-electron chi connectivity index (χ0n) is 40.4. The van der Waals surface area contributed by atoms with Crippen LogP contribution < -0.4 is 0 Å². The first-order valence-corrected chi connectivity index (χ1v) is 26.3. The molecule has 0 N–H and O–H groups in total. The molecule has 0 aliphatic rings. The number of hydrogen-bond acceptors (Lipinski definition) is 6. The molecule has 0 bridgehead atoms. The SMILES string of the molecule is CCCCCCCCCCCCCCC(=O)OC[C@H](COC(=O)CCCCCCCCCCCCCCCCC(C)C)OC(=O)CCCCCCCCCCC(C)CC. The molecule has 0 aromatic rings. The standard InChI is InChI=1S/C53H102O6/c1-6-8-9-10-11-12-13-19-22-28-33-38-43-51(54)57-46-50(59-53(56)45-40-35-30-25-24-27-32-37-42-49(5)7-2)47-58-52(55)44-39-34-29-23-20-17-15-14-16-18-21-26-31-36-41-48(3)4/h48-50H,6-47H2,1-5H3/t49?,50-/m1/s1. The van der Waals surface area contributed by atoms with Gasteiger partial charge in [0, 0.05) is 19.3 Å². The highest BCUT2D eigenvalue weighted by Gasteiger charge is 2.19. The molecule has 1 unspecified atom stereocenters. The van der Waals surface area contributed by atoms with Crippen molar-refractivity contribution >= 4 is 17.9 Å². The fourth-order valence-electron chi connectivity index (χ4n) is 7.96. The number of hydrogen-bond donors (Lipinski definition) is 0. The highest BCUT2D eigenvalue weighted by molar-refractivity contribution is 5.71. The summed E-state index contributed by atoms with van der Waals surface area (Å²) in [5, 5.41) is 0. The number of unbranched alkanes of at least 4 members (excludes halogenated alkanes) is 31. The molecule has 0 amide bonds. The van der Waals surface area contributed by atoms with Gasteiger partial charge in [-0.05, 0) is 31.1 Å². The summed E-state index contributed by atoms with van der Waals surface area (Å²) in [6.07, 6.45) is 46.5. The molecule has 6 nitrogen and oxygen atoms in total. The summed E-state index contributed by atoms with van der Waals surface area (Å²) >= 11 is 0. The van der Waals surface area contributed by atoms with Crippen LogP contribution in [-0.2, 0) is 28.6 Å². The average Bonchev–Trinajstić information content (AvgIpc) is 3.22. The number of carbonyl (C=O) groups excluding carboxylic acids is 3. The molecule has 0 heterocycles. The van der Waals surface area contributed by atoms with Gasteiger partial charge < -0.3 is 14.2 Å². The third kappa shape index (κ3) is 45.8. The second kappa shape index (κ2) is 45.9. The van der Waals surface area contributed by atoms with Crippen LogP contribution in [-0.4, -0.2) is 37.2 Å². The Morgan fingerprint density at radius 1 is 0.356 bits per heavy atom. The molecule has 0 rings (SSSR count). The van der Waals surface area contributed by atoms with Crippen molar-refractivity contribution < 1.29 is 28.6 Å². The van der Waals surface area contributed by atoms with E-state index in [1.54, 1.807) is 0 Å². The Morgan fingerprint density at radius 3 is 0.966 bits per heavy atom. The highest BCUT2D eigenvalue weighted by atomic mass is 16.6. The van der Waals surface area contributed by atoms with Crippen molar-refractivity contribution in [1.82, 2.24) is 0 Å². The number of esters is 3. The molecular formula is C53H102O6. The summed E-state index contributed by atoms with van der Waals surface area (Å²) in [5.74, 6) is 0.841. The van der Waals surface area contributed by atoms with Crippen LogP contribution in [0.5, 0.6) is 0 Å². The Kier molecular flexibility index (Phi) is 44.7. The maximum atomic E-state index is 12.8. The van der Waals surface area contributed by atoms with Crippen molar-refractivity contribution in [3.63, 3.8) is 0 Å². The predicted octanol–water partition coefficient (Wildman–Crippen LogP) is 16.9. The number of rotatable bonds is 47. The number of ether oxygens (including phenoxy) is 3. The zero-order chi connectivity index (χ0) is 43.3. The van der Waals surface area contributed by atoms with Crippen LogP contribution >= 0.6 is 0 Å². The van der Waals surface area contributed by atoms with E-state index in [0.717, 1.165) is 69.6 Å². The van der Waals surface area contributed by atoms with Gasteiger partial charge in [-0.1, -0.05) is 253 Å². The van der Waals surface area contributed by atoms with E-state index in [9.17, 15) is 14.4 Å².